The molecule has 0 aliphatic rings. The van der Waals surface area contributed by atoms with Crippen molar-refractivity contribution < 1.29 is 37.4 Å². The summed E-state index contributed by atoms with van der Waals surface area (Å²) < 4.78 is 44.3. The summed E-state index contributed by atoms with van der Waals surface area (Å²) in [6, 6.07) is 10.9. The fourth-order valence-electron chi connectivity index (χ4n) is 3.08. The van der Waals surface area contributed by atoms with Crippen LogP contribution in [0.25, 0.3) is 11.3 Å². The number of anilines is 2. The lowest BCUT2D eigenvalue weighted by atomic mass is 10.1. The first-order valence-corrected chi connectivity index (χ1v) is 11.0. The van der Waals surface area contributed by atoms with Crippen molar-refractivity contribution in [1.82, 2.24) is 15.3 Å². The van der Waals surface area contributed by atoms with E-state index < -0.39 is 48.8 Å². The van der Waals surface area contributed by atoms with Crippen LogP contribution in [0.15, 0.2) is 60.8 Å². The highest BCUT2D eigenvalue weighted by atomic mass is 35.5. The number of hydrogen-bond donors (Lipinski definition) is 2. The van der Waals surface area contributed by atoms with Gasteiger partial charge in [-0.05, 0) is 49.4 Å². The zero-order chi connectivity index (χ0) is 27.2. The van der Waals surface area contributed by atoms with Crippen molar-refractivity contribution in [2.24, 2.45) is 0 Å². The van der Waals surface area contributed by atoms with Crippen LogP contribution in [0, 0.1) is 0 Å². The minimum absolute atomic E-state index is 0.0220. The zero-order valence-electron chi connectivity index (χ0n) is 19.2. The number of hydrogen-bond acceptors (Lipinski definition) is 6. The van der Waals surface area contributed by atoms with Crippen molar-refractivity contribution in [1.29, 1.82) is 0 Å². The smallest absolute Gasteiger partial charge is 0.416 e. The van der Waals surface area contributed by atoms with Gasteiger partial charge >= 0.3 is 12.1 Å². The lowest BCUT2D eigenvalue weighted by Crippen LogP contribution is -2.41. The van der Waals surface area contributed by atoms with Crippen molar-refractivity contribution in [3.05, 3.63) is 71.4 Å². The minimum Gasteiger partial charge on any atom is -0.480 e. The normalized spacial score (nSPS) is 12.0. The molecule has 37 heavy (non-hydrogen) atoms. The van der Waals surface area contributed by atoms with Gasteiger partial charge in [0.15, 0.2) is 0 Å². The Balaban J connectivity index is 1.87. The Morgan fingerprint density at radius 2 is 1.81 bits per heavy atom. The Hall–Kier alpha value is -4.03. The molecule has 0 aliphatic carbocycles. The highest BCUT2D eigenvalue weighted by Gasteiger charge is 2.31. The molecule has 0 unspecified atom stereocenters. The van der Waals surface area contributed by atoms with E-state index in [2.05, 4.69) is 15.3 Å². The molecule has 0 bridgehead atoms. The topological polar surface area (TPSA) is 122 Å². The predicted molar refractivity (Wildman–Crippen MR) is 127 cm³/mol. The molecule has 2 amide bonds. The third-order valence-electron chi connectivity index (χ3n) is 4.87. The van der Waals surface area contributed by atoms with E-state index in [1.807, 2.05) is 0 Å². The number of carboxylic acid groups (broad SMARTS) is 1. The van der Waals surface area contributed by atoms with Crippen molar-refractivity contribution in [2.75, 3.05) is 18.1 Å². The van der Waals surface area contributed by atoms with E-state index in [-0.39, 0.29) is 11.6 Å². The monoisotopic (exact) mass is 536 g/mol. The van der Waals surface area contributed by atoms with Gasteiger partial charge in [-0.25, -0.2) is 14.9 Å². The van der Waals surface area contributed by atoms with Gasteiger partial charge in [0, 0.05) is 16.8 Å². The van der Waals surface area contributed by atoms with Crippen molar-refractivity contribution in [2.45, 2.75) is 19.1 Å². The fourth-order valence-corrected chi connectivity index (χ4v) is 3.27. The second-order valence-electron chi connectivity index (χ2n) is 7.65. The molecular formula is C24H20ClF3N4O5. The predicted octanol–water partition coefficient (Wildman–Crippen LogP) is 4.09. The highest BCUT2D eigenvalue weighted by Crippen LogP contribution is 2.32. The number of nitrogens with zero attached hydrogens (tertiary/aromatic N) is 3. The van der Waals surface area contributed by atoms with E-state index in [0.29, 0.717) is 16.3 Å². The summed E-state index contributed by atoms with van der Waals surface area (Å²) in [7, 11) is 0. The van der Waals surface area contributed by atoms with E-state index in [9.17, 15) is 27.6 Å². The summed E-state index contributed by atoms with van der Waals surface area (Å²) in [5.41, 5.74) is 0.100. The number of carboxylic acids is 1. The van der Waals surface area contributed by atoms with E-state index >= 15 is 0 Å². The van der Waals surface area contributed by atoms with E-state index in [1.165, 1.54) is 13.1 Å². The second-order valence-corrected chi connectivity index (χ2v) is 8.08. The first-order chi connectivity index (χ1) is 17.5. The average molecular weight is 537 g/mol. The van der Waals surface area contributed by atoms with E-state index in [1.54, 1.807) is 30.3 Å². The maximum atomic E-state index is 13.1. The third kappa shape index (κ3) is 7.48. The summed E-state index contributed by atoms with van der Waals surface area (Å²) >= 11 is 6.04. The van der Waals surface area contributed by atoms with Gasteiger partial charge in [0.25, 0.3) is 5.91 Å². The number of aliphatic carboxylic acids is 1. The number of carbonyl (C=O) groups is 3. The van der Waals surface area contributed by atoms with Gasteiger partial charge in [-0.3, -0.25) is 14.4 Å². The SMILES string of the molecule is C[C@H](NC(=O)COCC(=O)N(c1ccc(C(F)(F)F)cc1)c1nccc(-c2cccc(Cl)c2)n1)C(=O)O. The number of carbonyl (C=O) groups excluding carboxylic acids is 2. The van der Waals surface area contributed by atoms with Crippen LogP contribution in [0.2, 0.25) is 5.02 Å². The molecule has 2 N–H and O–H groups in total. The van der Waals surface area contributed by atoms with Gasteiger partial charge in [-0.1, -0.05) is 23.7 Å². The Bertz CT molecular complexity index is 1290. The van der Waals surface area contributed by atoms with Crippen LogP contribution in [0.1, 0.15) is 12.5 Å². The molecule has 13 heteroatoms. The summed E-state index contributed by atoms with van der Waals surface area (Å²) in [5, 5.41) is 11.5. The van der Waals surface area contributed by atoms with E-state index in [0.717, 1.165) is 29.2 Å². The zero-order valence-corrected chi connectivity index (χ0v) is 20.0. The van der Waals surface area contributed by atoms with Crippen LogP contribution in [0.3, 0.4) is 0 Å². The lowest BCUT2D eigenvalue weighted by Gasteiger charge is -2.22. The van der Waals surface area contributed by atoms with Crippen LogP contribution < -0.4 is 10.2 Å². The molecule has 2 aromatic carbocycles. The number of aromatic nitrogens is 2. The van der Waals surface area contributed by atoms with Gasteiger partial charge in [-0.2, -0.15) is 13.2 Å². The van der Waals surface area contributed by atoms with E-state index in [4.69, 9.17) is 21.4 Å². The van der Waals surface area contributed by atoms with Crippen LogP contribution >= 0.6 is 11.6 Å². The van der Waals surface area contributed by atoms with Crippen molar-refractivity contribution >= 4 is 41.0 Å². The Labute approximate surface area is 213 Å². The number of benzene rings is 2. The van der Waals surface area contributed by atoms with Gasteiger partial charge in [0.1, 0.15) is 19.3 Å². The number of rotatable bonds is 9. The summed E-state index contributed by atoms with van der Waals surface area (Å²) in [6.45, 7) is -0.0593. The van der Waals surface area contributed by atoms with Gasteiger partial charge in [-0.15, -0.1) is 0 Å². The molecular weight excluding hydrogens is 517 g/mol. The lowest BCUT2D eigenvalue weighted by molar-refractivity contribution is -0.142. The van der Waals surface area contributed by atoms with Crippen molar-refractivity contribution in [3.8, 4) is 11.3 Å². The fraction of sp³-hybridized carbons (Fsp3) is 0.208. The maximum Gasteiger partial charge on any atom is 0.416 e. The first-order valence-electron chi connectivity index (χ1n) is 10.6. The van der Waals surface area contributed by atoms with Crippen LogP contribution in [0.4, 0.5) is 24.8 Å². The molecule has 0 saturated heterocycles. The van der Waals surface area contributed by atoms with Gasteiger partial charge in [0.05, 0.1) is 16.9 Å². The molecule has 1 heterocycles. The minimum atomic E-state index is -4.58. The number of halogens is 4. The number of amides is 2. The number of ether oxygens (including phenoxy) is 1. The first kappa shape index (κ1) is 27.6. The highest BCUT2D eigenvalue weighted by molar-refractivity contribution is 6.30. The summed E-state index contributed by atoms with van der Waals surface area (Å²) in [4.78, 5) is 45.2. The number of nitrogens with one attached hydrogen (secondary N) is 1. The average Bonchev–Trinajstić information content (AvgIpc) is 2.84. The Morgan fingerprint density at radius 1 is 1.11 bits per heavy atom. The standard InChI is InChI=1S/C24H20ClF3N4O5/c1-14(22(35)36)30-20(33)12-37-13-21(34)32(18-7-5-16(6-8-18)24(26,27)28)23-29-10-9-19(31-23)15-3-2-4-17(25)11-15/h2-11,14H,12-13H2,1H3,(H,30,33)(H,35,36)/t14-/m0/s1. The quantitative estimate of drug-likeness (QED) is 0.422. The number of alkyl halides is 3. The largest absolute Gasteiger partial charge is 0.480 e. The third-order valence-corrected chi connectivity index (χ3v) is 5.11. The second kappa shape index (κ2) is 11.8. The molecule has 1 atom stereocenters. The molecule has 3 rings (SSSR count). The molecule has 9 nitrogen and oxygen atoms in total. The summed E-state index contributed by atoms with van der Waals surface area (Å²) in [6.07, 6.45) is -3.22. The van der Waals surface area contributed by atoms with Crippen LogP contribution in [-0.4, -0.2) is 52.1 Å². The van der Waals surface area contributed by atoms with Crippen LogP contribution in [-0.2, 0) is 25.3 Å². The van der Waals surface area contributed by atoms with Crippen molar-refractivity contribution in [3.63, 3.8) is 0 Å². The molecule has 0 radical (unpaired) electrons. The molecule has 1 aromatic heterocycles. The molecule has 0 aliphatic heterocycles. The molecule has 0 spiro atoms. The Kier molecular flexibility index (Phi) is 8.79. The Morgan fingerprint density at radius 3 is 2.43 bits per heavy atom. The van der Waals surface area contributed by atoms with Gasteiger partial charge < -0.3 is 15.2 Å². The maximum absolute atomic E-state index is 13.1. The van der Waals surface area contributed by atoms with Gasteiger partial charge in [0.2, 0.25) is 11.9 Å². The molecule has 194 valence electrons. The molecule has 3 aromatic rings. The summed E-state index contributed by atoms with van der Waals surface area (Å²) in [5.74, 6) is -2.98. The molecule has 0 saturated carbocycles. The molecule has 0 fully saturated rings. The van der Waals surface area contributed by atoms with Crippen LogP contribution in [0.5, 0.6) is 0 Å².